The molecule has 0 aliphatic rings. The van der Waals surface area contributed by atoms with E-state index in [0.29, 0.717) is 16.9 Å². The summed E-state index contributed by atoms with van der Waals surface area (Å²) in [6.07, 6.45) is 0.738. The summed E-state index contributed by atoms with van der Waals surface area (Å²) in [4.78, 5) is 23.9. The normalized spacial score (nSPS) is 10.5. The van der Waals surface area contributed by atoms with E-state index in [4.69, 9.17) is 0 Å². The SMILES string of the molecule is Cn1c(C(=O)Nc2ccccc2)c(C=O)c2ccccc21. The van der Waals surface area contributed by atoms with Crippen LogP contribution in [0.4, 0.5) is 5.69 Å². The van der Waals surface area contributed by atoms with E-state index in [1.165, 1.54) is 0 Å². The van der Waals surface area contributed by atoms with Gasteiger partial charge in [-0.15, -0.1) is 0 Å². The van der Waals surface area contributed by atoms with Crippen LogP contribution in [0.2, 0.25) is 0 Å². The number of aryl methyl sites for hydroxylation is 1. The number of amides is 1. The number of rotatable bonds is 3. The molecule has 104 valence electrons. The molecule has 4 heteroatoms. The Hall–Kier alpha value is -2.88. The maximum Gasteiger partial charge on any atom is 0.273 e. The van der Waals surface area contributed by atoms with Crippen molar-refractivity contribution in [3.05, 3.63) is 65.9 Å². The van der Waals surface area contributed by atoms with Gasteiger partial charge in [-0.1, -0.05) is 36.4 Å². The summed E-state index contributed by atoms with van der Waals surface area (Å²) in [6.45, 7) is 0. The molecule has 21 heavy (non-hydrogen) atoms. The molecule has 0 aliphatic heterocycles. The molecule has 0 unspecified atom stereocenters. The van der Waals surface area contributed by atoms with Crippen LogP contribution in [-0.2, 0) is 7.05 Å². The number of fused-ring (bicyclic) bond motifs is 1. The highest BCUT2D eigenvalue weighted by molar-refractivity contribution is 6.14. The molecule has 0 atom stereocenters. The Morgan fingerprint density at radius 2 is 1.71 bits per heavy atom. The lowest BCUT2D eigenvalue weighted by Crippen LogP contribution is -2.17. The average Bonchev–Trinajstić information content (AvgIpc) is 2.81. The molecule has 0 fully saturated rings. The minimum absolute atomic E-state index is 0.290. The van der Waals surface area contributed by atoms with Gasteiger partial charge in [-0.25, -0.2) is 0 Å². The highest BCUT2D eigenvalue weighted by Gasteiger charge is 2.20. The average molecular weight is 278 g/mol. The summed E-state index contributed by atoms with van der Waals surface area (Å²) in [6, 6.07) is 16.7. The number of carbonyl (C=O) groups is 2. The highest BCUT2D eigenvalue weighted by Crippen LogP contribution is 2.24. The molecule has 1 heterocycles. The zero-order valence-electron chi connectivity index (χ0n) is 11.5. The first-order valence-corrected chi connectivity index (χ1v) is 6.61. The van der Waals surface area contributed by atoms with Gasteiger partial charge in [0.1, 0.15) is 5.69 Å². The van der Waals surface area contributed by atoms with Crippen LogP contribution >= 0.6 is 0 Å². The zero-order chi connectivity index (χ0) is 14.8. The van der Waals surface area contributed by atoms with Crippen molar-refractivity contribution in [1.29, 1.82) is 0 Å². The molecule has 1 aromatic heterocycles. The van der Waals surface area contributed by atoms with Gasteiger partial charge in [0, 0.05) is 23.6 Å². The lowest BCUT2D eigenvalue weighted by Gasteiger charge is -2.07. The second kappa shape index (κ2) is 5.25. The minimum Gasteiger partial charge on any atom is -0.339 e. The second-order valence-corrected chi connectivity index (χ2v) is 4.78. The lowest BCUT2D eigenvalue weighted by molar-refractivity contribution is 0.101. The van der Waals surface area contributed by atoms with Crippen molar-refractivity contribution >= 4 is 28.8 Å². The van der Waals surface area contributed by atoms with Crippen LogP contribution in [0.5, 0.6) is 0 Å². The number of aromatic nitrogens is 1. The van der Waals surface area contributed by atoms with Crippen LogP contribution in [0.25, 0.3) is 10.9 Å². The van der Waals surface area contributed by atoms with Crippen LogP contribution in [0, 0.1) is 0 Å². The number of carbonyl (C=O) groups excluding carboxylic acids is 2. The van der Waals surface area contributed by atoms with E-state index in [0.717, 1.165) is 17.2 Å². The fraction of sp³-hybridized carbons (Fsp3) is 0.0588. The van der Waals surface area contributed by atoms with E-state index >= 15 is 0 Å². The van der Waals surface area contributed by atoms with Crippen LogP contribution in [0.1, 0.15) is 20.8 Å². The Morgan fingerprint density at radius 3 is 2.43 bits per heavy atom. The molecule has 0 spiro atoms. The predicted molar refractivity (Wildman–Crippen MR) is 82.7 cm³/mol. The number of aldehydes is 1. The van der Waals surface area contributed by atoms with Gasteiger partial charge in [-0.2, -0.15) is 0 Å². The lowest BCUT2D eigenvalue weighted by atomic mass is 10.1. The minimum atomic E-state index is -0.290. The number of hydrogen-bond donors (Lipinski definition) is 1. The molecule has 1 N–H and O–H groups in total. The third kappa shape index (κ3) is 2.21. The van der Waals surface area contributed by atoms with Gasteiger partial charge in [0.25, 0.3) is 5.91 Å². The molecule has 3 aromatic rings. The molecule has 0 saturated carbocycles. The Kier molecular flexibility index (Phi) is 3.28. The van der Waals surface area contributed by atoms with E-state index in [2.05, 4.69) is 5.32 Å². The number of benzene rings is 2. The van der Waals surface area contributed by atoms with Crippen molar-refractivity contribution in [1.82, 2.24) is 4.57 Å². The molecule has 1 amide bonds. The number of nitrogens with zero attached hydrogens (tertiary/aromatic N) is 1. The summed E-state index contributed by atoms with van der Waals surface area (Å²) in [5.41, 5.74) is 2.35. The van der Waals surface area contributed by atoms with Gasteiger partial charge in [0.2, 0.25) is 0 Å². The first-order chi connectivity index (χ1) is 10.2. The molecular formula is C17H14N2O2. The van der Waals surface area contributed by atoms with Gasteiger partial charge in [0.15, 0.2) is 6.29 Å². The number of hydrogen-bond acceptors (Lipinski definition) is 2. The fourth-order valence-electron chi connectivity index (χ4n) is 2.53. The largest absolute Gasteiger partial charge is 0.339 e. The fourth-order valence-corrected chi connectivity index (χ4v) is 2.53. The van der Waals surface area contributed by atoms with Crippen molar-refractivity contribution in [3.63, 3.8) is 0 Å². The van der Waals surface area contributed by atoms with E-state index in [1.807, 2.05) is 42.5 Å². The molecule has 4 nitrogen and oxygen atoms in total. The van der Waals surface area contributed by atoms with E-state index < -0.39 is 0 Å². The van der Waals surface area contributed by atoms with Crippen LogP contribution < -0.4 is 5.32 Å². The number of para-hydroxylation sites is 2. The maximum absolute atomic E-state index is 12.5. The van der Waals surface area contributed by atoms with E-state index in [-0.39, 0.29) is 5.91 Å². The highest BCUT2D eigenvalue weighted by atomic mass is 16.2. The summed E-state index contributed by atoms with van der Waals surface area (Å²) >= 11 is 0. The second-order valence-electron chi connectivity index (χ2n) is 4.78. The monoisotopic (exact) mass is 278 g/mol. The smallest absolute Gasteiger partial charge is 0.273 e. The van der Waals surface area contributed by atoms with Crippen LogP contribution in [0.3, 0.4) is 0 Å². The standard InChI is InChI=1S/C17H14N2O2/c1-19-15-10-6-5-9-13(15)14(11-20)16(19)17(21)18-12-7-3-2-4-8-12/h2-11H,1H3,(H,18,21). The summed E-state index contributed by atoms with van der Waals surface area (Å²) in [7, 11) is 1.79. The third-order valence-corrected chi connectivity index (χ3v) is 3.51. The number of anilines is 1. The van der Waals surface area contributed by atoms with Crippen LogP contribution in [-0.4, -0.2) is 16.8 Å². The topological polar surface area (TPSA) is 51.1 Å². The molecular weight excluding hydrogens is 264 g/mol. The van der Waals surface area contributed by atoms with Gasteiger partial charge >= 0.3 is 0 Å². The van der Waals surface area contributed by atoms with Crippen molar-refractivity contribution in [3.8, 4) is 0 Å². The third-order valence-electron chi connectivity index (χ3n) is 3.51. The molecule has 2 aromatic carbocycles. The van der Waals surface area contributed by atoms with Crippen molar-refractivity contribution in [2.45, 2.75) is 0 Å². The summed E-state index contributed by atoms with van der Waals surface area (Å²) < 4.78 is 1.75. The predicted octanol–water partition coefficient (Wildman–Crippen LogP) is 3.24. The Bertz CT molecular complexity index is 819. The molecule has 0 saturated heterocycles. The van der Waals surface area contributed by atoms with E-state index in [9.17, 15) is 9.59 Å². The Morgan fingerprint density at radius 1 is 1.05 bits per heavy atom. The molecule has 0 aliphatic carbocycles. The van der Waals surface area contributed by atoms with Crippen molar-refractivity contribution in [2.75, 3.05) is 5.32 Å². The Labute approximate surface area is 122 Å². The van der Waals surface area contributed by atoms with Gasteiger partial charge in [0.05, 0.1) is 5.56 Å². The molecule has 0 radical (unpaired) electrons. The summed E-state index contributed by atoms with van der Waals surface area (Å²) in [5, 5.41) is 3.60. The number of nitrogens with one attached hydrogen (secondary N) is 1. The van der Waals surface area contributed by atoms with Crippen molar-refractivity contribution < 1.29 is 9.59 Å². The molecule has 0 bridgehead atoms. The summed E-state index contributed by atoms with van der Waals surface area (Å²) in [5.74, 6) is -0.290. The first-order valence-electron chi connectivity index (χ1n) is 6.61. The van der Waals surface area contributed by atoms with Gasteiger partial charge in [-0.05, 0) is 18.2 Å². The quantitative estimate of drug-likeness (QED) is 0.748. The van der Waals surface area contributed by atoms with Crippen LogP contribution in [0.15, 0.2) is 54.6 Å². The van der Waals surface area contributed by atoms with Gasteiger partial charge < -0.3 is 9.88 Å². The maximum atomic E-state index is 12.5. The van der Waals surface area contributed by atoms with Crippen molar-refractivity contribution in [2.24, 2.45) is 7.05 Å². The van der Waals surface area contributed by atoms with E-state index in [1.54, 1.807) is 23.7 Å². The first kappa shape index (κ1) is 13.1. The Balaban J connectivity index is 2.09. The van der Waals surface area contributed by atoms with Gasteiger partial charge in [-0.3, -0.25) is 9.59 Å². The molecule has 3 rings (SSSR count). The zero-order valence-corrected chi connectivity index (χ0v) is 11.5.